The van der Waals surface area contributed by atoms with E-state index < -0.39 is 29.1 Å². The van der Waals surface area contributed by atoms with Gasteiger partial charge in [0.05, 0.1) is 13.2 Å². The summed E-state index contributed by atoms with van der Waals surface area (Å²) in [6.07, 6.45) is -1.10. The van der Waals surface area contributed by atoms with E-state index in [2.05, 4.69) is 9.71 Å². The van der Waals surface area contributed by atoms with Crippen LogP contribution in [0, 0.1) is 0 Å². The highest BCUT2D eigenvalue weighted by Gasteiger charge is 2.28. The zero-order valence-electron chi connectivity index (χ0n) is 13.4. The summed E-state index contributed by atoms with van der Waals surface area (Å²) in [4.78, 5) is 3.99. The smallest absolute Gasteiger partial charge is 0.272 e. The van der Waals surface area contributed by atoms with Gasteiger partial charge in [-0.15, -0.1) is 4.72 Å². The molecule has 2 unspecified atom stereocenters. The second-order valence-electron chi connectivity index (χ2n) is 5.70. The molecule has 5 nitrogen and oxygen atoms in total. The van der Waals surface area contributed by atoms with Crippen LogP contribution in [0.1, 0.15) is 39.3 Å². The molecule has 1 heterocycles. The van der Waals surface area contributed by atoms with Crippen molar-refractivity contribution in [3.63, 3.8) is 0 Å². The molecule has 0 aliphatic heterocycles. The van der Waals surface area contributed by atoms with Gasteiger partial charge < -0.3 is 14.0 Å². The van der Waals surface area contributed by atoms with Crippen molar-refractivity contribution in [2.45, 2.75) is 44.9 Å². The predicted octanol–water partition coefficient (Wildman–Crippen LogP) is 2.85. The van der Waals surface area contributed by atoms with Gasteiger partial charge in [0.2, 0.25) is 0 Å². The second kappa shape index (κ2) is 7.94. The maximum Gasteiger partial charge on any atom is 0.272 e. The monoisotopic (exact) mass is 336 g/mol. The number of aromatic nitrogens is 1. The van der Waals surface area contributed by atoms with Crippen molar-refractivity contribution in [3.05, 3.63) is 17.8 Å². The van der Waals surface area contributed by atoms with Crippen LogP contribution in [0.15, 0.2) is 12.3 Å². The molecule has 1 aromatic rings. The van der Waals surface area contributed by atoms with Gasteiger partial charge in [-0.25, -0.2) is 13.8 Å². The molecule has 0 amide bonds. The molecule has 0 bridgehead atoms. The molecule has 126 valence electrons. The summed E-state index contributed by atoms with van der Waals surface area (Å²) >= 11 is -1.24. The third-order valence-corrected chi connectivity index (χ3v) is 4.43. The lowest BCUT2D eigenvalue weighted by molar-refractivity contribution is 0.0779. The van der Waals surface area contributed by atoms with Gasteiger partial charge in [0, 0.05) is 17.6 Å². The predicted molar refractivity (Wildman–Crippen MR) is 81.7 cm³/mol. The van der Waals surface area contributed by atoms with Gasteiger partial charge in [-0.3, -0.25) is 0 Å². The molecule has 0 fully saturated rings. The number of hydrogen-bond acceptors (Lipinski definition) is 5. The Morgan fingerprint density at radius 1 is 1.41 bits per heavy atom. The molecule has 0 aliphatic carbocycles. The molecular formula is C14H22F2N2O3S. The minimum absolute atomic E-state index is 0.00990. The van der Waals surface area contributed by atoms with Crippen molar-refractivity contribution in [1.82, 2.24) is 9.71 Å². The van der Waals surface area contributed by atoms with Gasteiger partial charge in [0.1, 0.15) is 4.75 Å². The average Bonchev–Trinajstić information content (AvgIpc) is 2.43. The number of halogens is 2. The van der Waals surface area contributed by atoms with Gasteiger partial charge in [0.25, 0.3) is 12.3 Å². The summed E-state index contributed by atoms with van der Waals surface area (Å²) in [6, 6.07) is 1.39. The first-order valence-corrected chi connectivity index (χ1v) is 7.93. The van der Waals surface area contributed by atoms with E-state index in [0.717, 1.165) is 5.56 Å². The number of nitrogens with zero attached hydrogens (tertiary/aromatic N) is 1. The SMILES string of the molecule is COc1cc(C(C)N[S+]([O-])C(C)(C)C)cnc1OCC(F)F. The van der Waals surface area contributed by atoms with E-state index in [1.165, 1.54) is 13.3 Å². The lowest BCUT2D eigenvalue weighted by atomic mass is 10.1. The van der Waals surface area contributed by atoms with Crippen LogP contribution in [0.3, 0.4) is 0 Å². The van der Waals surface area contributed by atoms with E-state index in [0.29, 0.717) is 0 Å². The third-order valence-electron chi connectivity index (χ3n) is 2.75. The fraction of sp³-hybridized carbons (Fsp3) is 0.643. The minimum atomic E-state index is -2.58. The summed E-state index contributed by atoms with van der Waals surface area (Å²) in [5.41, 5.74) is 0.721. The maximum atomic E-state index is 12.2. The molecule has 0 saturated heterocycles. The van der Waals surface area contributed by atoms with Crippen molar-refractivity contribution < 1.29 is 22.8 Å². The summed E-state index contributed by atoms with van der Waals surface area (Å²) in [6.45, 7) is 6.68. The molecule has 1 aromatic heterocycles. The summed E-state index contributed by atoms with van der Waals surface area (Å²) in [7, 11) is 1.40. The largest absolute Gasteiger partial charge is 0.598 e. The van der Waals surface area contributed by atoms with Gasteiger partial charge in [0.15, 0.2) is 12.4 Å². The number of methoxy groups -OCH3 is 1. The number of rotatable bonds is 7. The molecule has 0 radical (unpaired) electrons. The van der Waals surface area contributed by atoms with E-state index in [9.17, 15) is 13.3 Å². The molecule has 8 heteroatoms. The fourth-order valence-corrected chi connectivity index (χ4v) is 2.30. The van der Waals surface area contributed by atoms with Gasteiger partial charge in [-0.1, -0.05) is 0 Å². The average molecular weight is 336 g/mol. The van der Waals surface area contributed by atoms with E-state index in [1.54, 1.807) is 6.07 Å². The third kappa shape index (κ3) is 5.58. The zero-order chi connectivity index (χ0) is 16.9. The van der Waals surface area contributed by atoms with Crippen molar-refractivity contribution in [1.29, 1.82) is 0 Å². The number of ether oxygens (including phenoxy) is 2. The van der Waals surface area contributed by atoms with E-state index in [1.807, 2.05) is 27.7 Å². The van der Waals surface area contributed by atoms with E-state index in [-0.39, 0.29) is 17.7 Å². The molecule has 0 spiro atoms. The molecule has 1 rings (SSSR count). The van der Waals surface area contributed by atoms with Crippen LogP contribution in [-0.2, 0) is 11.4 Å². The summed E-state index contributed by atoms with van der Waals surface area (Å²) in [5.74, 6) is 0.268. The van der Waals surface area contributed by atoms with Crippen LogP contribution >= 0.6 is 0 Å². The van der Waals surface area contributed by atoms with Crippen LogP contribution in [0.4, 0.5) is 8.78 Å². The maximum absolute atomic E-state index is 12.2. The zero-order valence-corrected chi connectivity index (χ0v) is 14.2. The Balaban J connectivity index is 2.83. The molecular weight excluding hydrogens is 314 g/mol. The van der Waals surface area contributed by atoms with Gasteiger partial charge in [-0.05, 0) is 39.3 Å². The van der Waals surface area contributed by atoms with Crippen molar-refractivity contribution >= 4 is 11.4 Å². The number of nitrogens with one attached hydrogen (secondary N) is 1. The highest BCUT2D eigenvalue weighted by Crippen LogP contribution is 2.28. The van der Waals surface area contributed by atoms with E-state index >= 15 is 0 Å². The van der Waals surface area contributed by atoms with Crippen LogP contribution in [-0.4, -0.2) is 34.4 Å². The van der Waals surface area contributed by atoms with Crippen molar-refractivity contribution in [3.8, 4) is 11.6 Å². The highest BCUT2D eigenvalue weighted by atomic mass is 32.2. The molecule has 0 saturated carbocycles. The first kappa shape index (κ1) is 18.9. The summed E-state index contributed by atoms with van der Waals surface area (Å²) < 4.78 is 49.0. The molecule has 1 N–H and O–H groups in total. The minimum Gasteiger partial charge on any atom is -0.598 e. The summed E-state index contributed by atoms with van der Waals surface area (Å²) in [5, 5.41) is 0. The molecule has 0 aliphatic rings. The Kier molecular flexibility index (Phi) is 6.83. The van der Waals surface area contributed by atoms with Crippen LogP contribution < -0.4 is 14.2 Å². The normalized spacial score (nSPS) is 14.8. The van der Waals surface area contributed by atoms with Crippen LogP contribution in [0.25, 0.3) is 0 Å². The Morgan fingerprint density at radius 2 is 2.05 bits per heavy atom. The standard InChI is InChI=1S/C14H22F2N2O3S/c1-9(18-22(19)14(2,3)4)10-6-11(20-5)13(17-7-10)21-8-12(15)16/h6-7,9,12,18H,8H2,1-5H3. The fourth-order valence-electron chi connectivity index (χ4n) is 1.49. The molecule has 22 heavy (non-hydrogen) atoms. The Morgan fingerprint density at radius 3 is 2.55 bits per heavy atom. The number of hydrogen-bond donors (Lipinski definition) is 1. The van der Waals surface area contributed by atoms with Gasteiger partial charge >= 0.3 is 0 Å². The lowest BCUT2D eigenvalue weighted by Crippen LogP contribution is -2.40. The highest BCUT2D eigenvalue weighted by molar-refractivity contribution is 7.90. The Hall–Kier alpha value is -1.12. The van der Waals surface area contributed by atoms with Crippen molar-refractivity contribution in [2.24, 2.45) is 0 Å². The lowest BCUT2D eigenvalue weighted by Gasteiger charge is -2.26. The Bertz CT molecular complexity index is 484. The number of alkyl halides is 2. The number of pyridine rings is 1. The second-order valence-corrected chi connectivity index (χ2v) is 7.70. The van der Waals surface area contributed by atoms with E-state index in [4.69, 9.17) is 9.47 Å². The molecule has 0 aromatic carbocycles. The topological polar surface area (TPSA) is 66.4 Å². The van der Waals surface area contributed by atoms with Crippen LogP contribution in [0.5, 0.6) is 11.6 Å². The van der Waals surface area contributed by atoms with Crippen molar-refractivity contribution in [2.75, 3.05) is 13.7 Å². The first-order chi connectivity index (χ1) is 10.1. The Labute approximate surface area is 132 Å². The molecule has 2 atom stereocenters. The van der Waals surface area contributed by atoms with Gasteiger partial charge in [-0.2, -0.15) is 0 Å². The first-order valence-electron chi connectivity index (χ1n) is 6.78. The quantitative estimate of drug-likeness (QED) is 0.776. The van der Waals surface area contributed by atoms with Crippen LogP contribution in [0.2, 0.25) is 0 Å².